The molecule has 16 heavy (non-hydrogen) atoms. The summed E-state index contributed by atoms with van der Waals surface area (Å²) in [6.07, 6.45) is 3.92. The average molecular weight is 220 g/mol. The lowest BCUT2D eigenvalue weighted by Crippen LogP contribution is -2.26. The van der Waals surface area contributed by atoms with E-state index in [2.05, 4.69) is 15.0 Å². The van der Waals surface area contributed by atoms with Gasteiger partial charge in [-0.25, -0.2) is 9.78 Å². The number of methoxy groups -OCH3 is 1. The van der Waals surface area contributed by atoms with Crippen LogP contribution in [0.3, 0.4) is 0 Å². The van der Waals surface area contributed by atoms with E-state index < -0.39 is 0 Å². The zero-order valence-electron chi connectivity index (χ0n) is 9.40. The number of carbonyl (C=O) groups is 1. The van der Waals surface area contributed by atoms with E-state index in [-0.39, 0.29) is 5.97 Å². The second-order valence-electron chi connectivity index (χ2n) is 3.99. The Morgan fingerprint density at radius 2 is 2.25 bits per heavy atom. The molecule has 2 heterocycles. The fraction of sp³-hybridized carbons (Fsp3) is 0.500. The van der Waals surface area contributed by atoms with E-state index in [4.69, 9.17) is 0 Å². The molecule has 0 aromatic carbocycles. The lowest BCUT2D eigenvalue weighted by Gasteiger charge is -2.22. The Bertz CT molecular complexity index is 373. The molecular formula is C12H16N2O2. The second kappa shape index (κ2) is 5.07. The third-order valence-corrected chi connectivity index (χ3v) is 2.99. The molecule has 4 heteroatoms. The molecular weight excluding hydrogens is 204 g/mol. The van der Waals surface area contributed by atoms with E-state index in [9.17, 15) is 4.79 Å². The summed E-state index contributed by atoms with van der Waals surface area (Å²) < 4.78 is 4.66. The maximum atomic E-state index is 11.4. The lowest BCUT2D eigenvalue weighted by atomic mass is 9.90. The smallest absolute Gasteiger partial charge is 0.356 e. The predicted molar refractivity (Wildman–Crippen MR) is 60.4 cm³/mol. The molecule has 1 aliphatic rings. The number of aromatic nitrogens is 1. The maximum Gasteiger partial charge on any atom is 0.356 e. The molecule has 0 aliphatic carbocycles. The molecule has 1 aromatic rings. The molecule has 0 saturated carbocycles. The first-order chi connectivity index (χ1) is 7.81. The van der Waals surface area contributed by atoms with Crippen molar-refractivity contribution in [3.05, 3.63) is 29.6 Å². The first kappa shape index (κ1) is 11.1. The number of hydrogen-bond donors (Lipinski definition) is 1. The monoisotopic (exact) mass is 220 g/mol. The van der Waals surface area contributed by atoms with Crippen LogP contribution in [0.4, 0.5) is 0 Å². The number of pyridine rings is 1. The Balaban J connectivity index is 2.17. The van der Waals surface area contributed by atoms with Gasteiger partial charge in [-0.1, -0.05) is 0 Å². The summed E-state index contributed by atoms with van der Waals surface area (Å²) >= 11 is 0. The van der Waals surface area contributed by atoms with Crippen LogP contribution in [0.5, 0.6) is 0 Å². The van der Waals surface area contributed by atoms with Crippen molar-refractivity contribution < 1.29 is 9.53 Å². The van der Waals surface area contributed by atoms with Crippen molar-refractivity contribution >= 4 is 5.97 Å². The Morgan fingerprint density at radius 1 is 1.50 bits per heavy atom. The average Bonchev–Trinajstić information content (AvgIpc) is 2.39. The number of esters is 1. The summed E-state index contributed by atoms with van der Waals surface area (Å²) in [4.78, 5) is 15.4. The molecule has 1 N–H and O–H groups in total. The molecule has 0 spiro atoms. The summed E-state index contributed by atoms with van der Waals surface area (Å²) in [6, 6.07) is 3.84. The van der Waals surface area contributed by atoms with Crippen LogP contribution in [-0.4, -0.2) is 31.2 Å². The van der Waals surface area contributed by atoms with Crippen molar-refractivity contribution in [3.8, 4) is 0 Å². The van der Waals surface area contributed by atoms with Crippen LogP contribution >= 0.6 is 0 Å². The molecule has 1 aromatic heterocycles. The summed E-state index contributed by atoms with van der Waals surface area (Å²) in [7, 11) is 1.38. The number of nitrogens with one attached hydrogen (secondary N) is 1. The van der Waals surface area contributed by atoms with Crippen molar-refractivity contribution in [2.45, 2.75) is 18.8 Å². The van der Waals surface area contributed by atoms with Crippen molar-refractivity contribution in [1.29, 1.82) is 0 Å². The van der Waals surface area contributed by atoms with Gasteiger partial charge < -0.3 is 10.1 Å². The van der Waals surface area contributed by atoms with E-state index in [1.54, 1.807) is 6.20 Å². The Morgan fingerprint density at radius 3 is 2.94 bits per heavy atom. The van der Waals surface area contributed by atoms with Crippen LogP contribution in [0.15, 0.2) is 18.3 Å². The summed E-state index contributed by atoms with van der Waals surface area (Å²) in [5.41, 5.74) is 1.59. The quantitative estimate of drug-likeness (QED) is 0.764. The molecule has 1 saturated heterocycles. The van der Waals surface area contributed by atoms with E-state index in [1.807, 2.05) is 12.1 Å². The van der Waals surface area contributed by atoms with Crippen LogP contribution in [0.1, 0.15) is 34.8 Å². The number of hydrogen-bond acceptors (Lipinski definition) is 4. The van der Waals surface area contributed by atoms with Gasteiger partial charge in [0.25, 0.3) is 0 Å². The normalized spacial score (nSPS) is 17.1. The van der Waals surface area contributed by atoms with Gasteiger partial charge in [-0.05, 0) is 49.5 Å². The highest BCUT2D eigenvalue weighted by molar-refractivity contribution is 5.87. The van der Waals surface area contributed by atoms with E-state index in [0.29, 0.717) is 11.6 Å². The first-order valence-corrected chi connectivity index (χ1v) is 5.56. The topological polar surface area (TPSA) is 51.2 Å². The highest BCUT2D eigenvalue weighted by Crippen LogP contribution is 2.25. The molecule has 0 radical (unpaired) electrons. The van der Waals surface area contributed by atoms with Crippen LogP contribution in [-0.2, 0) is 4.74 Å². The van der Waals surface area contributed by atoms with Crippen molar-refractivity contribution in [2.75, 3.05) is 20.2 Å². The molecule has 0 atom stereocenters. The fourth-order valence-electron chi connectivity index (χ4n) is 2.07. The summed E-state index contributed by atoms with van der Waals surface area (Å²) in [5.74, 6) is 0.170. The highest BCUT2D eigenvalue weighted by Gasteiger charge is 2.17. The predicted octanol–water partition coefficient (Wildman–Crippen LogP) is 1.34. The van der Waals surface area contributed by atoms with Gasteiger partial charge in [0.2, 0.25) is 0 Å². The highest BCUT2D eigenvalue weighted by atomic mass is 16.5. The summed E-state index contributed by atoms with van der Waals surface area (Å²) in [6.45, 7) is 2.08. The molecule has 1 fully saturated rings. The molecule has 0 unspecified atom stereocenters. The minimum atomic E-state index is -0.365. The van der Waals surface area contributed by atoms with Crippen molar-refractivity contribution in [2.24, 2.45) is 0 Å². The third-order valence-electron chi connectivity index (χ3n) is 2.99. The van der Waals surface area contributed by atoms with Gasteiger partial charge in [-0.3, -0.25) is 0 Å². The van der Waals surface area contributed by atoms with E-state index >= 15 is 0 Å². The minimum absolute atomic E-state index is 0.365. The standard InChI is InChI=1S/C12H16N2O2/c1-16-12(15)11-8-10(4-7-14-11)9-2-5-13-6-3-9/h4,7-9,13H,2-3,5-6H2,1H3. The fourth-order valence-corrected chi connectivity index (χ4v) is 2.07. The number of carbonyl (C=O) groups excluding carboxylic acids is 1. The van der Waals surface area contributed by atoms with Crippen LogP contribution in [0, 0.1) is 0 Å². The van der Waals surface area contributed by atoms with Crippen LogP contribution < -0.4 is 5.32 Å². The van der Waals surface area contributed by atoms with Gasteiger partial charge in [-0.2, -0.15) is 0 Å². The summed E-state index contributed by atoms with van der Waals surface area (Å²) in [5, 5.41) is 3.33. The van der Waals surface area contributed by atoms with E-state index in [1.165, 1.54) is 12.7 Å². The number of rotatable bonds is 2. The zero-order chi connectivity index (χ0) is 11.4. The lowest BCUT2D eigenvalue weighted by molar-refractivity contribution is 0.0594. The first-order valence-electron chi connectivity index (χ1n) is 5.56. The molecule has 86 valence electrons. The maximum absolute atomic E-state index is 11.4. The Labute approximate surface area is 95.0 Å². The molecule has 0 bridgehead atoms. The molecule has 4 nitrogen and oxygen atoms in total. The minimum Gasteiger partial charge on any atom is -0.464 e. The SMILES string of the molecule is COC(=O)c1cc(C2CCNCC2)ccn1. The van der Waals surface area contributed by atoms with E-state index in [0.717, 1.165) is 25.9 Å². The van der Waals surface area contributed by atoms with Gasteiger partial charge in [-0.15, -0.1) is 0 Å². The van der Waals surface area contributed by atoms with Crippen LogP contribution in [0.2, 0.25) is 0 Å². The second-order valence-corrected chi connectivity index (χ2v) is 3.99. The Kier molecular flexibility index (Phi) is 3.51. The van der Waals surface area contributed by atoms with Gasteiger partial charge in [0.05, 0.1) is 7.11 Å². The molecule has 0 amide bonds. The molecule has 1 aliphatic heterocycles. The van der Waals surface area contributed by atoms with Crippen molar-refractivity contribution in [3.63, 3.8) is 0 Å². The molecule has 2 rings (SSSR count). The van der Waals surface area contributed by atoms with Gasteiger partial charge in [0, 0.05) is 6.20 Å². The Hall–Kier alpha value is -1.42. The van der Waals surface area contributed by atoms with Crippen LogP contribution in [0.25, 0.3) is 0 Å². The van der Waals surface area contributed by atoms with Crippen molar-refractivity contribution in [1.82, 2.24) is 10.3 Å². The zero-order valence-corrected chi connectivity index (χ0v) is 9.40. The number of nitrogens with zero attached hydrogens (tertiary/aromatic N) is 1. The van der Waals surface area contributed by atoms with Gasteiger partial charge >= 0.3 is 5.97 Å². The largest absolute Gasteiger partial charge is 0.464 e. The third kappa shape index (κ3) is 2.39. The number of piperidine rings is 1. The van der Waals surface area contributed by atoms with Gasteiger partial charge in [0.1, 0.15) is 5.69 Å². The van der Waals surface area contributed by atoms with Gasteiger partial charge in [0.15, 0.2) is 0 Å². The number of ether oxygens (including phenoxy) is 1.